The molecule has 0 saturated carbocycles. The summed E-state index contributed by atoms with van der Waals surface area (Å²) in [7, 11) is 6.42. The van der Waals surface area contributed by atoms with Crippen molar-refractivity contribution in [1.29, 1.82) is 0 Å². The van der Waals surface area contributed by atoms with E-state index in [0.29, 0.717) is 0 Å². The second-order valence-electron chi connectivity index (χ2n) is 2.08. The van der Waals surface area contributed by atoms with Crippen molar-refractivity contribution in [2.75, 3.05) is 28.4 Å². The van der Waals surface area contributed by atoms with Gasteiger partial charge in [-0.2, -0.15) is 0 Å². The van der Waals surface area contributed by atoms with Crippen molar-refractivity contribution >= 4 is 0 Å². The molecule has 4 nitrogen and oxygen atoms in total. The van der Waals surface area contributed by atoms with Crippen LogP contribution in [-0.4, -0.2) is 41.0 Å². The molecular weight excluding hydrogens is 379 g/mol. The van der Waals surface area contributed by atoms with E-state index in [9.17, 15) is 0 Å². The van der Waals surface area contributed by atoms with Crippen LogP contribution in [0.5, 0.6) is 0 Å². The van der Waals surface area contributed by atoms with Crippen molar-refractivity contribution in [3.63, 3.8) is 0 Å². The molecule has 0 aliphatic rings. The average molecular weight is 399 g/mol. The van der Waals surface area contributed by atoms with Crippen LogP contribution < -0.4 is 34.0 Å². The Bertz CT molecular complexity index is 73.0. The zero-order valence-corrected chi connectivity index (χ0v) is 14.0. The van der Waals surface area contributed by atoms with E-state index in [4.69, 9.17) is 0 Å². The number of halogens is 2. The molecule has 0 aliphatic heterocycles. The Morgan fingerprint density at radius 3 is 0.733 bits per heavy atom. The second-order valence-corrected chi connectivity index (χ2v) is 2.08. The first-order valence-electron chi connectivity index (χ1n) is 3.73. The van der Waals surface area contributed by atoms with Gasteiger partial charge in [-0.05, 0) is 13.8 Å². The van der Waals surface area contributed by atoms with Crippen molar-refractivity contribution < 1.29 is 69.4 Å². The Balaban J connectivity index is -0.0000000370. The summed E-state index contributed by atoms with van der Waals surface area (Å²) in [5.41, 5.74) is 0. The zero-order valence-electron chi connectivity index (χ0n) is 9.86. The molecule has 0 rings (SSSR count). The number of ether oxygens (including phenoxy) is 4. The number of rotatable bonds is 4. The molecule has 0 saturated heterocycles. The van der Waals surface area contributed by atoms with Gasteiger partial charge in [0.25, 0.3) is 0 Å². The van der Waals surface area contributed by atoms with Crippen molar-refractivity contribution in [1.82, 2.24) is 0 Å². The minimum atomic E-state index is -0.0648. The maximum absolute atomic E-state index is 4.68. The molecule has 0 spiro atoms. The average Bonchev–Trinajstić information content (AvgIpc) is 2.16. The molecule has 0 heterocycles. The van der Waals surface area contributed by atoms with E-state index in [2.05, 4.69) is 18.9 Å². The van der Waals surface area contributed by atoms with Gasteiger partial charge in [-0.3, -0.25) is 0 Å². The van der Waals surface area contributed by atoms with Gasteiger partial charge in [-0.15, -0.1) is 0 Å². The van der Waals surface area contributed by atoms with Gasteiger partial charge in [0.1, 0.15) is 0 Å². The number of methoxy groups -OCH3 is 4. The standard InChI is InChI=1S/2C4H10O2.2BrH.Ni/c2*1-4(5-2)6-3;;;/h2*4H,1-3H3;2*1H;/q;;;;+2/p-2. The topological polar surface area (TPSA) is 36.9 Å². The summed E-state index contributed by atoms with van der Waals surface area (Å²) in [6, 6.07) is 0. The molecule has 0 radical (unpaired) electrons. The van der Waals surface area contributed by atoms with Gasteiger partial charge in [0.2, 0.25) is 0 Å². The molecule has 0 aliphatic carbocycles. The summed E-state index contributed by atoms with van der Waals surface area (Å²) in [6.45, 7) is 3.67. The molecule has 15 heavy (non-hydrogen) atoms. The quantitative estimate of drug-likeness (QED) is 0.352. The van der Waals surface area contributed by atoms with Crippen LogP contribution in [0.3, 0.4) is 0 Å². The Kier molecular flexibility index (Phi) is 48.8. The molecule has 100 valence electrons. The van der Waals surface area contributed by atoms with Crippen molar-refractivity contribution in [2.45, 2.75) is 26.4 Å². The van der Waals surface area contributed by atoms with Crippen LogP contribution in [0.15, 0.2) is 0 Å². The first kappa shape index (κ1) is 29.9. The number of hydrogen-bond donors (Lipinski definition) is 0. The zero-order chi connectivity index (χ0) is 9.98. The molecule has 0 aromatic carbocycles. The summed E-state index contributed by atoms with van der Waals surface area (Å²) in [4.78, 5) is 0. The summed E-state index contributed by atoms with van der Waals surface area (Å²) >= 11 is 0. The smallest absolute Gasteiger partial charge is 1.00 e. The molecular formula is C8H20Br2NiO4. The van der Waals surface area contributed by atoms with Crippen LogP contribution in [0, 0.1) is 0 Å². The third kappa shape index (κ3) is 31.3. The second kappa shape index (κ2) is 24.5. The SMILES string of the molecule is COC(C)OC.COC(C)OC.[Br-].[Br-].[Ni+2]. The summed E-state index contributed by atoms with van der Waals surface area (Å²) in [6.07, 6.45) is -0.130. The molecule has 7 heteroatoms. The Morgan fingerprint density at radius 1 is 0.600 bits per heavy atom. The van der Waals surface area contributed by atoms with Gasteiger partial charge in [-0.25, -0.2) is 0 Å². The minimum absolute atomic E-state index is 0. The van der Waals surface area contributed by atoms with Gasteiger partial charge in [0.15, 0.2) is 12.6 Å². The predicted octanol–water partition coefficient (Wildman–Crippen LogP) is -4.74. The van der Waals surface area contributed by atoms with Gasteiger partial charge >= 0.3 is 16.5 Å². The van der Waals surface area contributed by atoms with E-state index < -0.39 is 0 Å². The van der Waals surface area contributed by atoms with Crippen LogP contribution in [-0.2, 0) is 35.4 Å². The summed E-state index contributed by atoms with van der Waals surface area (Å²) in [5.74, 6) is 0. The Morgan fingerprint density at radius 2 is 0.733 bits per heavy atom. The van der Waals surface area contributed by atoms with Crippen LogP contribution in [0.1, 0.15) is 13.8 Å². The minimum Gasteiger partial charge on any atom is -1.00 e. The third-order valence-corrected chi connectivity index (χ3v) is 1.33. The van der Waals surface area contributed by atoms with Crippen LogP contribution >= 0.6 is 0 Å². The fraction of sp³-hybridized carbons (Fsp3) is 1.00. The molecule has 0 amide bonds. The molecule has 0 N–H and O–H groups in total. The van der Waals surface area contributed by atoms with Crippen molar-refractivity contribution in [3.8, 4) is 0 Å². The van der Waals surface area contributed by atoms with E-state index in [0.717, 1.165) is 0 Å². The summed E-state index contributed by atoms with van der Waals surface area (Å²) < 4.78 is 18.7. The van der Waals surface area contributed by atoms with Crippen molar-refractivity contribution in [2.24, 2.45) is 0 Å². The fourth-order valence-electron chi connectivity index (χ4n) is 0.192. The first-order chi connectivity index (χ1) is 5.62. The monoisotopic (exact) mass is 396 g/mol. The fourth-order valence-corrected chi connectivity index (χ4v) is 0.192. The maximum atomic E-state index is 4.68. The van der Waals surface area contributed by atoms with Gasteiger partial charge in [0, 0.05) is 28.4 Å². The largest absolute Gasteiger partial charge is 2.00 e. The van der Waals surface area contributed by atoms with Gasteiger partial charge in [-0.1, -0.05) is 0 Å². The van der Waals surface area contributed by atoms with Crippen LogP contribution in [0.25, 0.3) is 0 Å². The van der Waals surface area contributed by atoms with E-state index in [-0.39, 0.29) is 63.0 Å². The molecule has 0 fully saturated rings. The van der Waals surface area contributed by atoms with E-state index >= 15 is 0 Å². The van der Waals surface area contributed by atoms with Crippen LogP contribution in [0.2, 0.25) is 0 Å². The van der Waals surface area contributed by atoms with Gasteiger partial charge < -0.3 is 52.9 Å². The molecule has 0 bridgehead atoms. The summed E-state index contributed by atoms with van der Waals surface area (Å²) in [5, 5.41) is 0. The van der Waals surface area contributed by atoms with Gasteiger partial charge in [0.05, 0.1) is 0 Å². The molecule has 0 unspecified atom stereocenters. The first-order valence-corrected chi connectivity index (χ1v) is 3.73. The maximum Gasteiger partial charge on any atom is 2.00 e. The predicted molar refractivity (Wildman–Crippen MR) is 47.0 cm³/mol. The van der Waals surface area contributed by atoms with Crippen molar-refractivity contribution in [3.05, 3.63) is 0 Å². The molecule has 0 atom stereocenters. The molecule has 0 aromatic rings. The van der Waals surface area contributed by atoms with E-state index in [1.807, 2.05) is 13.8 Å². The number of hydrogen-bond acceptors (Lipinski definition) is 4. The normalized spacial score (nSPS) is 8.00. The Hall–Kier alpha value is 1.29. The van der Waals surface area contributed by atoms with Crippen LogP contribution in [0.4, 0.5) is 0 Å². The van der Waals surface area contributed by atoms with E-state index in [1.165, 1.54) is 0 Å². The third-order valence-electron chi connectivity index (χ3n) is 1.33. The molecule has 0 aromatic heterocycles. The van der Waals surface area contributed by atoms with E-state index in [1.54, 1.807) is 28.4 Å². The Labute approximate surface area is 124 Å².